The topological polar surface area (TPSA) is 60.4 Å². The summed E-state index contributed by atoms with van der Waals surface area (Å²) in [4.78, 5) is 39.7. The van der Waals surface area contributed by atoms with Crippen molar-refractivity contribution in [1.29, 1.82) is 0 Å². The predicted octanol–water partition coefficient (Wildman–Crippen LogP) is 4.41. The third kappa shape index (κ3) is 2.85. The summed E-state index contributed by atoms with van der Waals surface area (Å²) in [6.45, 7) is 0. The Hall–Kier alpha value is -3.79. The van der Waals surface area contributed by atoms with E-state index in [1.165, 1.54) is 0 Å². The maximum absolute atomic E-state index is 13.3. The molecule has 0 heterocycles. The highest BCUT2D eigenvalue weighted by Gasteiger charge is 2.36. The van der Waals surface area contributed by atoms with Gasteiger partial charge in [-0.25, -0.2) is 0 Å². The summed E-state index contributed by atoms with van der Waals surface area (Å²) in [5, 5.41) is 0. The van der Waals surface area contributed by atoms with Gasteiger partial charge in [0.15, 0.2) is 17.3 Å². The number of carbonyl (C=O) groups is 3. The van der Waals surface area contributed by atoms with Gasteiger partial charge in [-0.05, 0) is 17.7 Å². The molecule has 0 aliphatic heterocycles. The van der Waals surface area contributed by atoms with Crippen molar-refractivity contribution in [3.8, 4) is 5.75 Å². The Kier molecular flexibility index (Phi) is 4.45. The second kappa shape index (κ2) is 7.08. The van der Waals surface area contributed by atoms with Gasteiger partial charge in [0, 0.05) is 22.3 Å². The van der Waals surface area contributed by atoms with E-state index in [2.05, 4.69) is 0 Å². The monoisotopic (exact) mass is 368 g/mol. The summed E-state index contributed by atoms with van der Waals surface area (Å²) in [7, 11) is 1.55. The van der Waals surface area contributed by atoms with E-state index in [1.807, 2.05) is 0 Å². The van der Waals surface area contributed by atoms with E-state index >= 15 is 0 Å². The van der Waals surface area contributed by atoms with Gasteiger partial charge in [-0.2, -0.15) is 0 Å². The first-order chi connectivity index (χ1) is 13.6. The van der Waals surface area contributed by atoms with E-state index in [0.717, 1.165) is 0 Å². The third-order valence-electron chi connectivity index (χ3n) is 4.76. The smallest absolute Gasteiger partial charge is 0.198 e. The number of hydrogen-bond acceptors (Lipinski definition) is 4. The summed E-state index contributed by atoms with van der Waals surface area (Å²) in [5.74, 6) is -0.607. The molecule has 0 aromatic heterocycles. The van der Waals surface area contributed by atoms with E-state index in [9.17, 15) is 14.4 Å². The second-order valence-corrected chi connectivity index (χ2v) is 6.38. The number of benzene rings is 3. The molecule has 0 saturated carbocycles. The summed E-state index contributed by atoms with van der Waals surface area (Å²) < 4.78 is 5.17. The third-order valence-corrected chi connectivity index (χ3v) is 4.76. The van der Waals surface area contributed by atoms with Gasteiger partial charge in [-0.1, -0.05) is 66.7 Å². The van der Waals surface area contributed by atoms with Crippen molar-refractivity contribution in [1.82, 2.24) is 0 Å². The van der Waals surface area contributed by atoms with Crippen LogP contribution >= 0.6 is 0 Å². The van der Waals surface area contributed by atoms with Crippen LogP contribution in [0.3, 0.4) is 0 Å². The number of ether oxygens (including phenoxy) is 1. The van der Waals surface area contributed by atoms with Crippen LogP contribution in [0.4, 0.5) is 0 Å². The van der Waals surface area contributed by atoms with Crippen molar-refractivity contribution in [2.24, 2.45) is 0 Å². The minimum absolute atomic E-state index is 0.0972. The number of methoxy groups -OCH3 is 1. The van der Waals surface area contributed by atoms with Crippen LogP contribution in [0.15, 0.2) is 84.4 Å². The molecular formula is C24H16O4. The molecule has 0 saturated heterocycles. The molecule has 4 nitrogen and oxygen atoms in total. The van der Waals surface area contributed by atoms with Crippen LogP contribution in [0.2, 0.25) is 0 Å². The molecule has 28 heavy (non-hydrogen) atoms. The van der Waals surface area contributed by atoms with Crippen molar-refractivity contribution in [3.05, 3.63) is 107 Å². The minimum Gasteiger partial charge on any atom is -0.497 e. The van der Waals surface area contributed by atoms with Crippen molar-refractivity contribution >= 4 is 22.9 Å². The van der Waals surface area contributed by atoms with Gasteiger partial charge in [-0.15, -0.1) is 0 Å². The largest absolute Gasteiger partial charge is 0.497 e. The lowest BCUT2D eigenvalue weighted by Crippen LogP contribution is -2.26. The first-order valence-corrected chi connectivity index (χ1v) is 8.78. The van der Waals surface area contributed by atoms with E-state index in [-0.39, 0.29) is 22.5 Å². The second-order valence-electron chi connectivity index (χ2n) is 6.38. The maximum atomic E-state index is 13.3. The molecule has 4 rings (SSSR count). The number of rotatable bonds is 4. The van der Waals surface area contributed by atoms with E-state index < -0.39 is 11.6 Å². The average Bonchev–Trinajstić information content (AvgIpc) is 2.76. The molecule has 0 fully saturated rings. The zero-order valence-electron chi connectivity index (χ0n) is 15.1. The predicted molar refractivity (Wildman–Crippen MR) is 106 cm³/mol. The highest BCUT2D eigenvalue weighted by Crippen LogP contribution is 2.34. The van der Waals surface area contributed by atoms with Crippen LogP contribution in [0, 0.1) is 0 Å². The fourth-order valence-electron chi connectivity index (χ4n) is 3.36. The summed E-state index contributed by atoms with van der Waals surface area (Å²) in [5.41, 5.74) is 1.46. The number of fused-ring (bicyclic) bond motifs is 1. The lowest BCUT2D eigenvalue weighted by Gasteiger charge is -2.21. The Labute approximate surface area is 162 Å². The molecule has 3 aromatic rings. The Morgan fingerprint density at radius 2 is 1.29 bits per heavy atom. The first kappa shape index (κ1) is 17.6. The molecule has 0 amide bonds. The molecule has 0 unspecified atom stereocenters. The summed E-state index contributed by atoms with van der Waals surface area (Å²) in [6, 6.07) is 21.9. The number of carbonyl (C=O) groups excluding carboxylic acids is 3. The molecule has 0 spiro atoms. The fraction of sp³-hybridized carbons (Fsp3) is 0.0417. The van der Waals surface area contributed by atoms with Crippen molar-refractivity contribution < 1.29 is 19.1 Å². The Morgan fingerprint density at radius 3 is 1.89 bits per heavy atom. The van der Waals surface area contributed by atoms with Crippen LogP contribution in [0.1, 0.15) is 36.6 Å². The number of Topliss-reactive ketones (excluding diaryl/α,β-unsaturated/α-hetero) is 3. The van der Waals surface area contributed by atoms with Crippen molar-refractivity contribution in [2.75, 3.05) is 7.11 Å². The minimum atomic E-state index is -0.459. The quantitative estimate of drug-likeness (QED) is 0.505. The maximum Gasteiger partial charge on any atom is 0.198 e. The van der Waals surface area contributed by atoms with Gasteiger partial charge in [0.1, 0.15) is 5.75 Å². The van der Waals surface area contributed by atoms with Crippen LogP contribution in [-0.4, -0.2) is 24.5 Å². The SMILES string of the molecule is COc1ccc(C2=C(C(=O)c3ccccc3)C(=O)c3ccccc3C2=O)cc1. The first-order valence-electron chi connectivity index (χ1n) is 8.78. The van der Waals surface area contributed by atoms with Gasteiger partial charge in [0.25, 0.3) is 0 Å². The summed E-state index contributed by atoms with van der Waals surface area (Å²) in [6.07, 6.45) is 0. The molecule has 0 radical (unpaired) electrons. The van der Waals surface area contributed by atoms with Crippen LogP contribution < -0.4 is 4.74 Å². The molecule has 1 aliphatic carbocycles. The van der Waals surface area contributed by atoms with Crippen LogP contribution in [0.5, 0.6) is 5.75 Å². The zero-order valence-corrected chi connectivity index (χ0v) is 15.1. The molecule has 0 bridgehead atoms. The van der Waals surface area contributed by atoms with Gasteiger partial charge in [0.2, 0.25) is 0 Å². The number of allylic oxidation sites excluding steroid dienone is 2. The lowest BCUT2D eigenvalue weighted by atomic mass is 9.78. The Bertz CT molecular complexity index is 1120. The molecule has 1 aliphatic rings. The highest BCUT2D eigenvalue weighted by atomic mass is 16.5. The number of ketones is 3. The molecule has 0 N–H and O–H groups in total. The van der Waals surface area contributed by atoms with Gasteiger partial charge in [0.05, 0.1) is 12.7 Å². The van der Waals surface area contributed by atoms with E-state index in [0.29, 0.717) is 22.4 Å². The summed E-state index contributed by atoms with van der Waals surface area (Å²) >= 11 is 0. The average molecular weight is 368 g/mol. The zero-order chi connectivity index (χ0) is 19.7. The van der Waals surface area contributed by atoms with Gasteiger partial charge < -0.3 is 4.74 Å². The van der Waals surface area contributed by atoms with Gasteiger partial charge >= 0.3 is 0 Å². The molecule has 3 aromatic carbocycles. The normalized spacial score (nSPS) is 13.3. The Balaban J connectivity index is 1.97. The Morgan fingerprint density at radius 1 is 0.714 bits per heavy atom. The molecule has 0 atom stereocenters. The van der Waals surface area contributed by atoms with E-state index in [1.54, 1.807) is 86.0 Å². The van der Waals surface area contributed by atoms with Crippen molar-refractivity contribution in [3.63, 3.8) is 0 Å². The standard InChI is InChI=1S/C24H16O4/c1-28-17-13-11-15(12-14-17)20-21(22(25)16-7-3-2-4-8-16)24(27)19-10-6-5-9-18(19)23(20)26/h2-14H,1H3. The van der Waals surface area contributed by atoms with Crippen molar-refractivity contribution in [2.45, 2.75) is 0 Å². The highest BCUT2D eigenvalue weighted by molar-refractivity contribution is 6.49. The number of hydrogen-bond donors (Lipinski definition) is 0. The molecule has 136 valence electrons. The lowest BCUT2D eigenvalue weighted by molar-refractivity contribution is 0.0940. The molecular weight excluding hydrogens is 352 g/mol. The fourth-order valence-corrected chi connectivity index (χ4v) is 3.36. The molecule has 4 heteroatoms. The van der Waals surface area contributed by atoms with Gasteiger partial charge in [-0.3, -0.25) is 14.4 Å². The van der Waals surface area contributed by atoms with E-state index in [4.69, 9.17) is 4.74 Å². The van der Waals surface area contributed by atoms with Crippen LogP contribution in [0.25, 0.3) is 5.57 Å². The van der Waals surface area contributed by atoms with Crippen LogP contribution in [-0.2, 0) is 0 Å².